The van der Waals surface area contributed by atoms with Crippen molar-refractivity contribution in [1.29, 1.82) is 0 Å². The van der Waals surface area contributed by atoms with Crippen LogP contribution in [0, 0.1) is 0 Å². The van der Waals surface area contributed by atoms with Gasteiger partial charge in [0.05, 0.1) is 44.7 Å². The van der Waals surface area contributed by atoms with E-state index in [0.717, 1.165) is 88.8 Å². The second-order valence-corrected chi connectivity index (χ2v) is 16.3. The number of benzene rings is 9. The number of hydrogen-bond acceptors (Lipinski definition) is 3. The molecule has 0 spiro atoms. The molecule has 4 aromatic heterocycles. The van der Waals surface area contributed by atoms with Crippen molar-refractivity contribution in [2.24, 2.45) is 0 Å². The maximum atomic E-state index is 5.44. The van der Waals surface area contributed by atoms with Crippen molar-refractivity contribution >= 4 is 65.3 Å². The average Bonchev–Trinajstić information content (AvgIpc) is 3.90. The fourth-order valence-corrected chi connectivity index (χ4v) is 9.91. The van der Waals surface area contributed by atoms with Crippen molar-refractivity contribution in [3.05, 3.63) is 224 Å². The molecular formula is C59H37N5. The van der Waals surface area contributed by atoms with Gasteiger partial charge in [0.2, 0.25) is 0 Å². The molecule has 64 heavy (non-hydrogen) atoms. The number of para-hydroxylation sites is 5. The van der Waals surface area contributed by atoms with E-state index in [1.54, 1.807) is 0 Å². The minimum Gasteiger partial charge on any atom is -0.309 e. The molecule has 0 aliphatic rings. The lowest BCUT2D eigenvalue weighted by molar-refractivity contribution is 1.16. The molecule has 0 aliphatic heterocycles. The first-order valence-electron chi connectivity index (χ1n) is 21.7. The fourth-order valence-electron chi connectivity index (χ4n) is 9.91. The number of nitrogens with zero attached hydrogens (tertiary/aromatic N) is 5. The van der Waals surface area contributed by atoms with Gasteiger partial charge in [0, 0.05) is 65.9 Å². The number of fused-ring (bicyclic) bond motifs is 10. The van der Waals surface area contributed by atoms with Crippen LogP contribution < -0.4 is 0 Å². The third kappa shape index (κ3) is 5.61. The smallest absolute Gasteiger partial charge is 0.160 e. The van der Waals surface area contributed by atoms with Gasteiger partial charge in [-0.05, 0) is 60.0 Å². The van der Waals surface area contributed by atoms with Crippen LogP contribution in [0.4, 0.5) is 0 Å². The molecule has 0 saturated heterocycles. The molecule has 5 nitrogen and oxygen atoms in total. The molecule has 0 aliphatic carbocycles. The molecule has 0 atom stereocenters. The van der Waals surface area contributed by atoms with Gasteiger partial charge in [0.15, 0.2) is 5.82 Å². The van der Waals surface area contributed by atoms with E-state index in [1.165, 1.54) is 27.2 Å². The van der Waals surface area contributed by atoms with Gasteiger partial charge in [0.1, 0.15) is 0 Å². The quantitative estimate of drug-likeness (QED) is 0.157. The number of aromatic nitrogens is 5. The molecule has 4 heterocycles. The Hall–Kier alpha value is -8.67. The highest BCUT2D eigenvalue weighted by molar-refractivity contribution is 6.29. The van der Waals surface area contributed by atoms with Crippen molar-refractivity contribution in [1.82, 2.24) is 24.1 Å². The molecule has 0 radical (unpaired) electrons. The normalized spacial score (nSPS) is 11.8. The minimum atomic E-state index is 0.669. The maximum Gasteiger partial charge on any atom is 0.160 e. The third-order valence-electron chi connectivity index (χ3n) is 12.7. The summed E-state index contributed by atoms with van der Waals surface area (Å²) in [7, 11) is 0. The van der Waals surface area contributed by atoms with E-state index in [1.807, 2.05) is 6.07 Å². The van der Waals surface area contributed by atoms with Gasteiger partial charge in [0.25, 0.3) is 0 Å². The van der Waals surface area contributed by atoms with Gasteiger partial charge in [-0.3, -0.25) is 0 Å². The topological polar surface area (TPSA) is 48.5 Å². The lowest BCUT2D eigenvalue weighted by Crippen LogP contribution is -1.99. The van der Waals surface area contributed by atoms with Gasteiger partial charge in [-0.1, -0.05) is 170 Å². The summed E-state index contributed by atoms with van der Waals surface area (Å²) >= 11 is 0. The Labute approximate surface area is 368 Å². The largest absolute Gasteiger partial charge is 0.309 e. The predicted molar refractivity (Wildman–Crippen MR) is 265 cm³/mol. The van der Waals surface area contributed by atoms with Crippen LogP contribution in [0.5, 0.6) is 0 Å². The Morgan fingerprint density at radius 3 is 1.64 bits per heavy atom. The van der Waals surface area contributed by atoms with Crippen LogP contribution >= 0.6 is 0 Å². The minimum absolute atomic E-state index is 0.669. The van der Waals surface area contributed by atoms with E-state index >= 15 is 0 Å². The zero-order valence-corrected chi connectivity index (χ0v) is 34.6. The van der Waals surface area contributed by atoms with Crippen LogP contribution in [0.15, 0.2) is 224 Å². The highest BCUT2D eigenvalue weighted by Gasteiger charge is 2.23. The van der Waals surface area contributed by atoms with E-state index in [4.69, 9.17) is 15.0 Å². The third-order valence-corrected chi connectivity index (χ3v) is 12.7. The summed E-state index contributed by atoms with van der Waals surface area (Å²) in [6.45, 7) is 0. The molecule has 13 rings (SSSR count). The number of pyridine rings is 1. The zero-order valence-electron chi connectivity index (χ0n) is 34.6. The Kier molecular flexibility index (Phi) is 8.15. The summed E-state index contributed by atoms with van der Waals surface area (Å²) in [5.41, 5.74) is 14.3. The lowest BCUT2D eigenvalue weighted by atomic mass is 9.95. The molecule has 298 valence electrons. The molecular weight excluding hydrogens is 779 g/mol. The van der Waals surface area contributed by atoms with Crippen molar-refractivity contribution in [3.63, 3.8) is 0 Å². The molecule has 0 N–H and O–H groups in total. The number of hydrogen-bond donors (Lipinski definition) is 0. The maximum absolute atomic E-state index is 5.44. The summed E-state index contributed by atoms with van der Waals surface area (Å²) in [5, 5.41) is 8.19. The van der Waals surface area contributed by atoms with Crippen LogP contribution in [0.25, 0.3) is 122 Å². The first-order valence-corrected chi connectivity index (χ1v) is 21.7. The Morgan fingerprint density at radius 2 is 0.891 bits per heavy atom. The van der Waals surface area contributed by atoms with E-state index < -0.39 is 0 Å². The number of rotatable bonds is 6. The van der Waals surface area contributed by atoms with Crippen LogP contribution in [-0.2, 0) is 0 Å². The van der Waals surface area contributed by atoms with Crippen molar-refractivity contribution in [3.8, 4) is 56.5 Å². The molecule has 9 aromatic carbocycles. The van der Waals surface area contributed by atoms with E-state index in [0.29, 0.717) is 5.82 Å². The summed E-state index contributed by atoms with van der Waals surface area (Å²) in [5.74, 6) is 0.669. The van der Waals surface area contributed by atoms with E-state index in [9.17, 15) is 0 Å². The summed E-state index contributed by atoms with van der Waals surface area (Å²) in [6.07, 6.45) is 0. The summed E-state index contributed by atoms with van der Waals surface area (Å²) in [4.78, 5) is 16.2. The van der Waals surface area contributed by atoms with Crippen molar-refractivity contribution in [2.75, 3.05) is 0 Å². The van der Waals surface area contributed by atoms with Crippen molar-refractivity contribution < 1.29 is 0 Å². The van der Waals surface area contributed by atoms with Crippen LogP contribution in [-0.4, -0.2) is 24.1 Å². The SMILES string of the molecule is c1ccc(-c2nc(-c3cccc(-n4c5ccccc5c5ccccc54)c3)cc(-c3cccc4c5c6c(-c7ccccc7)nc7ccccc7c6ccc5n(-c5ccccc5)c34)n2)cc1. The van der Waals surface area contributed by atoms with Gasteiger partial charge >= 0.3 is 0 Å². The van der Waals surface area contributed by atoms with Gasteiger partial charge < -0.3 is 9.13 Å². The fraction of sp³-hybridized carbons (Fsp3) is 0. The highest BCUT2D eigenvalue weighted by atomic mass is 15.0. The van der Waals surface area contributed by atoms with Crippen LogP contribution in [0.3, 0.4) is 0 Å². The second-order valence-electron chi connectivity index (χ2n) is 16.3. The lowest BCUT2D eigenvalue weighted by Gasteiger charge is -2.14. The monoisotopic (exact) mass is 815 g/mol. The van der Waals surface area contributed by atoms with E-state index in [2.05, 4.69) is 228 Å². The van der Waals surface area contributed by atoms with Crippen molar-refractivity contribution in [2.45, 2.75) is 0 Å². The molecule has 0 amide bonds. The first-order chi connectivity index (χ1) is 31.8. The van der Waals surface area contributed by atoms with Crippen LogP contribution in [0.1, 0.15) is 0 Å². The molecule has 13 aromatic rings. The molecule has 5 heteroatoms. The first kappa shape index (κ1) is 36.0. The highest BCUT2D eigenvalue weighted by Crippen LogP contribution is 2.45. The van der Waals surface area contributed by atoms with Gasteiger partial charge in [-0.15, -0.1) is 0 Å². The van der Waals surface area contributed by atoms with Crippen LogP contribution in [0.2, 0.25) is 0 Å². The average molecular weight is 816 g/mol. The predicted octanol–water partition coefficient (Wildman–Crippen LogP) is 15.0. The molecule has 0 saturated carbocycles. The van der Waals surface area contributed by atoms with Gasteiger partial charge in [-0.2, -0.15) is 0 Å². The Morgan fingerprint density at radius 1 is 0.312 bits per heavy atom. The molecule has 0 unspecified atom stereocenters. The molecule has 0 bridgehead atoms. The Bertz CT molecular complexity index is 3890. The second kappa shape index (κ2) is 14.5. The summed E-state index contributed by atoms with van der Waals surface area (Å²) < 4.78 is 4.77. The standard InChI is InChI=1S/C59H37N5/c1-4-18-38(19-5-1)57-56-46(43-26-10-13-31-49(43)60-57)34-35-54-55(56)48-30-17-29-47(58(48)64(54)41-23-8-3-9-24-41)51-37-50(61-59(62-51)39-20-6-2-7-21-39)40-22-16-25-42(36-40)63-52-32-14-11-27-44(52)45-28-12-15-33-53(45)63/h1-37H. The zero-order chi connectivity index (χ0) is 42.1. The van der Waals surface area contributed by atoms with E-state index in [-0.39, 0.29) is 0 Å². The Balaban J connectivity index is 1.11. The summed E-state index contributed by atoms with van der Waals surface area (Å²) in [6, 6.07) is 79.5. The van der Waals surface area contributed by atoms with Gasteiger partial charge in [-0.25, -0.2) is 15.0 Å². The molecule has 0 fully saturated rings.